The molecular formula is C14H10BrFN2S. The van der Waals surface area contributed by atoms with Crippen LogP contribution in [0.5, 0.6) is 0 Å². The van der Waals surface area contributed by atoms with Crippen LogP contribution in [0, 0.1) is 17.5 Å². The second-order valence-corrected chi connectivity index (χ2v) is 5.51. The zero-order chi connectivity index (χ0) is 13.6. The molecule has 0 amide bonds. The zero-order valence-corrected chi connectivity index (χ0v) is 12.5. The van der Waals surface area contributed by atoms with E-state index in [1.807, 2.05) is 29.7 Å². The van der Waals surface area contributed by atoms with Gasteiger partial charge < -0.3 is 4.98 Å². The summed E-state index contributed by atoms with van der Waals surface area (Å²) in [7, 11) is 0. The summed E-state index contributed by atoms with van der Waals surface area (Å²) in [5.74, 6) is -0.279. The third-order valence-electron chi connectivity index (χ3n) is 3.06. The molecule has 0 aliphatic carbocycles. The lowest BCUT2D eigenvalue weighted by Crippen LogP contribution is -1.96. The largest absolute Gasteiger partial charge is 0.330 e. The maximum absolute atomic E-state index is 13.3. The van der Waals surface area contributed by atoms with Gasteiger partial charge in [0, 0.05) is 4.47 Å². The molecule has 0 saturated heterocycles. The number of halogens is 2. The van der Waals surface area contributed by atoms with Gasteiger partial charge in [-0.3, -0.25) is 4.57 Å². The van der Waals surface area contributed by atoms with Crippen LogP contribution < -0.4 is 0 Å². The quantitative estimate of drug-likeness (QED) is 0.627. The molecule has 19 heavy (non-hydrogen) atoms. The lowest BCUT2D eigenvalue weighted by molar-refractivity contribution is 0.629. The highest BCUT2D eigenvalue weighted by molar-refractivity contribution is 9.10. The van der Waals surface area contributed by atoms with Gasteiger partial charge in [0.05, 0.1) is 16.7 Å². The zero-order valence-electron chi connectivity index (χ0n) is 10.1. The number of aromatic amines is 1. The normalized spacial score (nSPS) is 11.1. The van der Waals surface area contributed by atoms with Crippen LogP contribution in [0.15, 0.2) is 40.9 Å². The highest BCUT2D eigenvalue weighted by atomic mass is 79.9. The molecule has 0 radical (unpaired) electrons. The van der Waals surface area contributed by atoms with Gasteiger partial charge in [0.2, 0.25) is 0 Å². The number of rotatable bonds is 1. The molecule has 0 fully saturated rings. The van der Waals surface area contributed by atoms with Crippen molar-refractivity contribution in [3.63, 3.8) is 0 Å². The van der Waals surface area contributed by atoms with Crippen molar-refractivity contribution in [2.45, 2.75) is 6.92 Å². The molecular weight excluding hydrogens is 327 g/mol. The average Bonchev–Trinajstić information content (AvgIpc) is 2.68. The van der Waals surface area contributed by atoms with E-state index in [0.717, 1.165) is 21.2 Å². The Hall–Kier alpha value is -1.46. The number of benzene rings is 2. The first kappa shape index (κ1) is 12.6. The molecule has 96 valence electrons. The molecule has 0 spiro atoms. The molecule has 5 heteroatoms. The van der Waals surface area contributed by atoms with Gasteiger partial charge in [-0.1, -0.05) is 12.1 Å². The third-order valence-corrected chi connectivity index (χ3v) is 4.37. The molecule has 0 unspecified atom stereocenters. The summed E-state index contributed by atoms with van der Waals surface area (Å²) >= 11 is 8.93. The summed E-state index contributed by atoms with van der Waals surface area (Å²) < 4.78 is 16.7. The maximum atomic E-state index is 13.3. The second-order valence-electron chi connectivity index (χ2n) is 4.34. The van der Waals surface area contributed by atoms with Crippen LogP contribution in [0.3, 0.4) is 0 Å². The van der Waals surface area contributed by atoms with Gasteiger partial charge in [-0.05, 0) is 64.9 Å². The van der Waals surface area contributed by atoms with Crippen molar-refractivity contribution < 1.29 is 4.39 Å². The molecule has 0 aliphatic rings. The SMILES string of the molecule is Cc1cccc(-n2c(=S)[nH]c3cc(F)ccc32)c1Br. The predicted molar refractivity (Wildman–Crippen MR) is 80.9 cm³/mol. The molecule has 1 heterocycles. The number of nitrogens with zero attached hydrogens (tertiary/aromatic N) is 1. The number of fused-ring (bicyclic) bond motifs is 1. The van der Waals surface area contributed by atoms with Crippen molar-refractivity contribution in [2.24, 2.45) is 0 Å². The fourth-order valence-electron chi connectivity index (χ4n) is 2.13. The fraction of sp³-hybridized carbons (Fsp3) is 0.0714. The third kappa shape index (κ3) is 2.03. The summed E-state index contributed by atoms with van der Waals surface area (Å²) in [5, 5.41) is 0. The molecule has 0 saturated carbocycles. The average molecular weight is 337 g/mol. The van der Waals surface area contributed by atoms with Crippen LogP contribution >= 0.6 is 28.1 Å². The Kier molecular flexibility index (Phi) is 3.03. The number of aromatic nitrogens is 2. The van der Waals surface area contributed by atoms with Crippen LogP contribution in [0.2, 0.25) is 0 Å². The lowest BCUT2D eigenvalue weighted by atomic mass is 10.2. The van der Waals surface area contributed by atoms with E-state index < -0.39 is 0 Å². The molecule has 3 rings (SSSR count). The first-order chi connectivity index (χ1) is 9.08. The topological polar surface area (TPSA) is 20.7 Å². The molecule has 0 aliphatic heterocycles. The second kappa shape index (κ2) is 4.58. The Bertz CT molecular complexity index is 835. The van der Waals surface area contributed by atoms with Gasteiger partial charge in [0.15, 0.2) is 4.77 Å². The van der Waals surface area contributed by atoms with Crippen LogP contribution in [0.1, 0.15) is 5.56 Å². The summed E-state index contributed by atoms with van der Waals surface area (Å²) in [6.07, 6.45) is 0. The van der Waals surface area contributed by atoms with Crippen molar-refractivity contribution >= 4 is 39.2 Å². The molecule has 1 N–H and O–H groups in total. The van der Waals surface area contributed by atoms with Crippen LogP contribution in [-0.2, 0) is 0 Å². The van der Waals surface area contributed by atoms with Crippen LogP contribution in [-0.4, -0.2) is 9.55 Å². The number of hydrogen-bond acceptors (Lipinski definition) is 1. The van der Waals surface area contributed by atoms with E-state index in [1.54, 1.807) is 6.07 Å². The molecule has 0 bridgehead atoms. The first-order valence-electron chi connectivity index (χ1n) is 5.73. The van der Waals surface area contributed by atoms with Gasteiger partial charge in [-0.2, -0.15) is 0 Å². The number of aryl methyl sites for hydroxylation is 1. The van der Waals surface area contributed by atoms with E-state index >= 15 is 0 Å². The van der Waals surface area contributed by atoms with E-state index in [9.17, 15) is 4.39 Å². The van der Waals surface area contributed by atoms with Crippen molar-refractivity contribution in [1.82, 2.24) is 9.55 Å². The van der Waals surface area contributed by atoms with E-state index in [-0.39, 0.29) is 5.82 Å². The van der Waals surface area contributed by atoms with Gasteiger partial charge >= 0.3 is 0 Å². The Morgan fingerprint density at radius 1 is 1.26 bits per heavy atom. The molecule has 1 aromatic heterocycles. The Morgan fingerprint density at radius 2 is 2.05 bits per heavy atom. The van der Waals surface area contributed by atoms with E-state index in [1.165, 1.54) is 12.1 Å². The fourth-order valence-corrected chi connectivity index (χ4v) is 2.88. The minimum Gasteiger partial charge on any atom is -0.330 e. The van der Waals surface area contributed by atoms with Gasteiger partial charge in [0.1, 0.15) is 5.82 Å². The van der Waals surface area contributed by atoms with Gasteiger partial charge in [-0.25, -0.2) is 4.39 Å². The van der Waals surface area contributed by atoms with E-state index in [0.29, 0.717) is 10.3 Å². The Labute approximate surface area is 123 Å². The summed E-state index contributed by atoms with van der Waals surface area (Å²) in [6, 6.07) is 10.6. The van der Waals surface area contributed by atoms with Crippen molar-refractivity contribution in [1.29, 1.82) is 0 Å². The smallest absolute Gasteiger partial charge is 0.182 e. The Morgan fingerprint density at radius 3 is 2.84 bits per heavy atom. The maximum Gasteiger partial charge on any atom is 0.182 e. The number of nitrogens with one attached hydrogen (secondary N) is 1. The van der Waals surface area contributed by atoms with Crippen LogP contribution in [0.4, 0.5) is 4.39 Å². The molecule has 2 aromatic carbocycles. The standard InChI is InChI=1S/C14H10BrFN2S/c1-8-3-2-4-12(13(8)15)18-11-6-5-9(16)7-10(11)17-14(18)19/h2-7H,1H3,(H,17,19). The Balaban J connectivity index is 2.40. The molecule has 0 atom stereocenters. The van der Waals surface area contributed by atoms with Gasteiger partial charge in [-0.15, -0.1) is 0 Å². The van der Waals surface area contributed by atoms with Crippen LogP contribution in [0.25, 0.3) is 16.7 Å². The van der Waals surface area contributed by atoms with E-state index in [4.69, 9.17) is 12.2 Å². The van der Waals surface area contributed by atoms with Crippen molar-refractivity contribution in [3.8, 4) is 5.69 Å². The molecule has 2 nitrogen and oxygen atoms in total. The van der Waals surface area contributed by atoms with E-state index in [2.05, 4.69) is 20.9 Å². The minimum absolute atomic E-state index is 0.279. The number of hydrogen-bond donors (Lipinski definition) is 1. The monoisotopic (exact) mass is 336 g/mol. The summed E-state index contributed by atoms with van der Waals surface area (Å²) in [6.45, 7) is 2.02. The molecule has 3 aromatic rings. The number of imidazole rings is 1. The predicted octanol–water partition coefficient (Wildman–Crippen LogP) is 4.90. The van der Waals surface area contributed by atoms with Crippen molar-refractivity contribution in [3.05, 3.63) is 57.0 Å². The first-order valence-corrected chi connectivity index (χ1v) is 6.94. The highest BCUT2D eigenvalue weighted by Crippen LogP contribution is 2.28. The van der Waals surface area contributed by atoms with Crippen molar-refractivity contribution in [2.75, 3.05) is 0 Å². The highest BCUT2D eigenvalue weighted by Gasteiger charge is 2.11. The number of H-pyrrole nitrogens is 1. The summed E-state index contributed by atoms with van der Waals surface area (Å²) in [5.41, 5.74) is 3.62. The lowest BCUT2D eigenvalue weighted by Gasteiger charge is -2.09. The minimum atomic E-state index is -0.279. The van der Waals surface area contributed by atoms with Gasteiger partial charge in [0.25, 0.3) is 0 Å². The summed E-state index contributed by atoms with van der Waals surface area (Å²) in [4.78, 5) is 3.03.